The normalized spacial score (nSPS) is 22.0. The summed E-state index contributed by atoms with van der Waals surface area (Å²) >= 11 is 5.90. The number of carbonyl (C=O) groups is 2. The van der Waals surface area contributed by atoms with Gasteiger partial charge >= 0.3 is 5.97 Å². The number of nitrogens with one attached hydrogen (secondary N) is 1. The number of aliphatic hydroxyl groups excluding tert-OH is 1. The van der Waals surface area contributed by atoms with Crippen LogP contribution in [0.4, 0.5) is 5.69 Å². The molecule has 1 saturated carbocycles. The summed E-state index contributed by atoms with van der Waals surface area (Å²) in [7, 11) is 1.34. The number of benzene rings is 2. The van der Waals surface area contributed by atoms with Crippen LogP contribution < -0.4 is 5.32 Å². The Balaban J connectivity index is 1.76. The zero-order valence-electron chi connectivity index (χ0n) is 13.7. The summed E-state index contributed by atoms with van der Waals surface area (Å²) < 4.78 is 4.89. The van der Waals surface area contributed by atoms with Gasteiger partial charge < -0.3 is 15.2 Å². The largest absolute Gasteiger partial charge is 0.468 e. The third kappa shape index (κ3) is 3.38. The molecule has 2 aromatic carbocycles. The highest BCUT2D eigenvalue weighted by Crippen LogP contribution is 2.45. The molecule has 0 bridgehead atoms. The Bertz CT molecular complexity index is 797. The predicted molar refractivity (Wildman–Crippen MR) is 94.8 cm³/mol. The Morgan fingerprint density at radius 2 is 1.88 bits per heavy atom. The molecule has 1 aliphatic rings. The van der Waals surface area contributed by atoms with Crippen LogP contribution in [0.25, 0.3) is 0 Å². The van der Waals surface area contributed by atoms with Gasteiger partial charge in [-0.05, 0) is 48.7 Å². The lowest BCUT2D eigenvalue weighted by molar-refractivity contribution is -0.156. The first-order chi connectivity index (χ1) is 11.9. The predicted octanol–water partition coefficient (Wildman–Crippen LogP) is 3.16. The van der Waals surface area contributed by atoms with Crippen LogP contribution in [0, 0.1) is 0 Å². The molecule has 1 amide bonds. The lowest BCUT2D eigenvalue weighted by atomic mass is 9.62. The summed E-state index contributed by atoms with van der Waals surface area (Å²) in [6.07, 6.45) is 0.184. The molecular formula is C19H18ClNO4. The number of esters is 1. The summed E-state index contributed by atoms with van der Waals surface area (Å²) in [5, 5.41) is 12.9. The van der Waals surface area contributed by atoms with Gasteiger partial charge in [0.05, 0.1) is 18.6 Å². The highest BCUT2D eigenvalue weighted by atomic mass is 35.5. The van der Waals surface area contributed by atoms with Gasteiger partial charge in [0, 0.05) is 16.3 Å². The first-order valence-electron chi connectivity index (χ1n) is 7.88. The van der Waals surface area contributed by atoms with E-state index in [0.717, 1.165) is 5.56 Å². The maximum absolute atomic E-state index is 12.2. The fraction of sp³-hybridized carbons (Fsp3) is 0.263. The molecule has 1 fully saturated rings. The van der Waals surface area contributed by atoms with Gasteiger partial charge in [-0.2, -0.15) is 0 Å². The molecule has 0 saturated heterocycles. The van der Waals surface area contributed by atoms with Crippen LogP contribution in [0.2, 0.25) is 5.02 Å². The van der Waals surface area contributed by atoms with E-state index in [2.05, 4.69) is 5.32 Å². The fourth-order valence-corrected chi connectivity index (χ4v) is 3.36. The third-order valence-corrected chi connectivity index (χ3v) is 4.76. The molecule has 2 N–H and O–H groups in total. The van der Waals surface area contributed by atoms with E-state index in [1.165, 1.54) is 7.11 Å². The minimum atomic E-state index is -0.802. The molecule has 6 heteroatoms. The number of anilines is 1. The fourth-order valence-electron chi connectivity index (χ4n) is 3.17. The Labute approximate surface area is 150 Å². The Kier molecular flexibility index (Phi) is 4.79. The Morgan fingerprint density at radius 3 is 2.44 bits per heavy atom. The SMILES string of the molecule is COC(=O)C1(c2ccc(NC(=O)c3cccc(Cl)c3)cc2)CC(O)C1. The summed E-state index contributed by atoms with van der Waals surface area (Å²) in [5.41, 5.74) is 1.03. The molecular weight excluding hydrogens is 342 g/mol. The molecule has 1 aliphatic carbocycles. The monoisotopic (exact) mass is 359 g/mol. The minimum Gasteiger partial charge on any atom is -0.468 e. The molecule has 25 heavy (non-hydrogen) atoms. The van der Waals surface area contributed by atoms with Crippen LogP contribution >= 0.6 is 11.6 Å². The van der Waals surface area contributed by atoms with Crippen molar-refractivity contribution in [1.82, 2.24) is 0 Å². The van der Waals surface area contributed by atoms with Crippen molar-refractivity contribution in [2.24, 2.45) is 0 Å². The Hall–Kier alpha value is -2.37. The van der Waals surface area contributed by atoms with Crippen LogP contribution in [0.1, 0.15) is 28.8 Å². The van der Waals surface area contributed by atoms with Crippen molar-refractivity contribution in [3.63, 3.8) is 0 Å². The molecule has 0 aliphatic heterocycles. The zero-order valence-corrected chi connectivity index (χ0v) is 14.4. The van der Waals surface area contributed by atoms with Crippen molar-refractivity contribution >= 4 is 29.2 Å². The van der Waals surface area contributed by atoms with Gasteiger partial charge in [-0.15, -0.1) is 0 Å². The van der Waals surface area contributed by atoms with Crippen molar-refractivity contribution in [2.45, 2.75) is 24.4 Å². The van der Waals surface area contributed by atoms with Crippen molar-refractivity contribution in [3.8, 4) is 0 Å². The molecule has 0 spiro atoms. The topological polar surface area (TPSA) is 75.6 Å². The lowest BCUT2D eigenvalue weighted by Crippen LogP contribution is -2.51. The molecule has 0 unspecified atom stereocenters. The number of hydrogen-bond acceptors (Lipinski definition) is 4. The van der Waals surface area contributed by atoms with Crippen molar-refractivity contribution in [1.29, 1.82) is 0 Å². The number of methoxy groups -OCH3 is 1. The molecule has 0 radical (unpaired) electrons. The van der Waals surface area contributed by atoms with Gasteiger partial charge in [-0.3, -0.25) is 9.59 Å². The highest BCUT2D eigenvalue weighted by Gasteiger charge is 2.51. The number of aliphatic hydroxyl groups is 1. The first-order valence-corrected chi connectivity index (χ1v) is 8.26. The van der Waals surface area contributed by atoms with E-state index in [9.17, 15) is 14.7 Å². The van der Waals surface area contributed by atoms with E-state index < -0.39 is 11.5 Å². The number of ether oxygens (including phenoxy) is 1. The quantitative estimate of drug-likeness (QED) is 0.822. The van der Waals surface area contributed by atoms with Gasteiger partial charge in [0.15, 0.2) is 0 Å². The van der Waals surface area contributed by atoms with E-state index in [4.69, 9.17) is 16.3 Å². The van der Waals surface area contributed by atoms with E-state index in [1.54, 1.807) is 48.5 Å². The van der Waals surface area contributed by atoms with E-state index in [1.807, 2.05) is 0 Å². The summed E-state index contributed by atoms with van der Waals surface area (Å²) in [5.74, 6) is -0.620. The average Bonchev–Trinajstić information content (AvgIpc) is 2.59. The van der Waals surface area contributed by atoms with Crippen molar-refractivity contribution in [3.05, 3.63) is 64.7 Å². The molecule has 5 nitrogen and oxygen atoms in total. The van der Waals surface area contributed by atoms with E-state index >= 15 is 0 Å². The maximum atomic E-state index is 12.2. The molecule has 0 atom stereocenters. The van der Waals surface area contributed by atoms with Crippen LogP contribution in [0.5, 0.6) is 0 Å². The number of halogens is 1. The van der Waals surface area contributed by atoms with Crippen molar-refractivity contribution < 1.29 is 19.4 Å². The minimum absolute atomic E-state index is 0.267. The molecule has 0 aromatic heterocycles. The summed E-state index contributed by atoms with van der Waals surface area (Å²) in [6.45, 7) is 0. The van der Waals surface area contributed by atoms with Crippen LogP contribution in [0.3, 0.4) is 0 Å². The maximum Gasteiger partial charge on any atom is 0.316 e. The average molecular weight is 360 g/mol. The first kappa shape index (κ1) is 17.5. The number of amides is 1. The summed E-state index contributed by atoms with van der Waals surface area (Å²) in [4.78, 5) is 24.4. The highest BCUT2D eigenvalue weighted by molar-refractivity contribution is 6.31. The van der Waals surface area contributed by atoms with Crippen LogP contribution in [0.15, 0.2) is 48.5 Å². The van der Waals surface area contributed by atoms with Crippen LogP contribution in [-0.4, -0.2) is 30.2 Å². The number of hydrogen-bond donors (Lipinski definition) is 2. The molecule has 130 valence electrons. The van der Waals surface area contributed by atoms with E-state index in [-0.39, 0.29) is 11.9 Å². The molecule has 3 rings (SSSR count). The van der Waals surface area contributed by atoms with Gasteiger partial charge in [0.25, 0.3) is 5.91 Å². The van der Waals surface area contributed by atoms with E-state index in [0.29, 0.717) is 29.1 Å². The third-order valence-electron chi connectivity index (χ3n) is 4.53. The summed E-state index contributed by atoms with van der Waals surface area (Å²) in [6, 6.07) is 13.7. The second-order valence-electron chi connectivity index (χ2n) is 6.18. The van der Waals surface area contributed by atoms with Gasteiger partial charge in [-0.25, -0.2) is 0 Å². The second kappa shape index (κ2) is 6.86. The molecule has 0 heterocycles. The van der Waals surface area contributed by atoms with Gasteiger partial charge in [-0.1, -0.05) is 29.8 Å². The zero-order chi connectivity index (χ0) is 18.0. The number of rotatable bonds is 4. The molecule has 2 aromatic rings. The van der Waals surface area contributed by atoms with Crippen molar-refractivity contribution in [2.75, 3.05) is 12.4 Å². The number of carbonyl (C=O) groups excluding carboxylic acids is 2. The van der Waals surface area contributed by atoms with Crippen LogP contribution in [-0.2, 0) is 14.9 Å². The van der Waals surface area contributed by atoms with Gasteiger partial charge in [0.2, 0.25) is 0 Å². The standard InChI is InChI=1S/C19H18ClNO4/c1-25-18(24)19(10-16(22)11-19)13-5-7-15(8-6-13)21-17(23)12-3-2-4-14(20)9-12/h2-9,16,22H,10-11H2,1H3,(H,21,23). The van der Waals surface area contributed by atoms with Gasteiger partial charge in [0.1, 0.15) is 0 Å². The second-order valence-corrected chi connectivity index (χ2v) is 6.61. The Morgan fingerprint density at radius 1 is 1.20 bits per heavy atom. The smallest absolute Gasteiger partial charge is 0.316 e. The lowest BCUT2D eigenvalue weighted by Gasteiger charge is -2.43.